The normalized spacial score (nSPS) is 26.3. The summed E-state index contributed by atoms with van der Waals surface area (Å²) >= 11 is 0. The summed E-state index contributed by atoms with van der Waals surface area (Å²) in [7, 11) is -2.93. The fourth-order valence-corrected chi connectivity index (χ4v) is 3.86. The molecular formula is C13H22N2O3S. The fourth-order valence-electron chi connectivity index (χ4n) is 2.68. The Morgan fingerprint density at radius 1 is 1.47 bits per heavy atom. The molecule has 1 aromatic rings. The molecule has 5 nitrogen and oxygen atoms in total. The molecule has 0 saturated heterocycles. The predicted molar refractivity (Wildman–Crippen MR) is 73.7 cm³/mol. The average molecular weight is 286 g/mol. The van der Waals surface area contributed by atoms with Gasteiger partial charge in [0, 0.05) is 12.3 Å². The van der Waals surface area contributed by atoms with Crippen molar-refractivity contribution >= 4 is 9.84 Å². The lowest BCUT2D eigenvalue weighted by atomic mass is 9.94. The van der Waals surface area contributed by atoms with Gasteiger partial charge in [-0.2, -0.15) is 0 Å². The van der Waals surface area contributed by atoms with E-state index in [1.165, 1.54) is 6.26 Å². The van der Waals surface area contributed by atoms with Gasteiger partial charge in [-0.05, 0) is 33.1 Å². The molecule has 0 radical (unpaired) electrons. The number of aryl methyl sites for hydroxylation is 1. The number of hydrogen-bond donors (Lipinski definition) is 1. The van der Waals surface area contributed by atoms with Crippen LogP contribution < -0.4 is 5.32 Å². The first-order valence-corrected chi connectivity index (χ1v) is 8.69. The van der Waals surface area contributed by atoms with Crippen LogP contribution in [0.2, 0.25) is 0 Å². The highest BCUT2D eigenvalue weighted by Gasteiger charge is 2.30. The van der Waals surface area contributed by atoms with E-state index in [4.69, 9.17) is 4.42 Å². The van der Waals surface area contributed by atoms with Gasteiger partial charge in [0.2, 0.25) is 5.89 Å². The second kappa shape index (κ2) is 5.63. The van der Waals surface area contributed by atoms with Crippen molar-refractivity contribution in [3.8, 4) is 0 Å². The summed E-state index contributed by atoms with van der Waals surface area (Å²) in [5, 5.41) is 3.22. The lowest BCUT2D eigenvalue weighted by Gasteiger charge is -2.30. The van der Waals surface area contributed by atoms with Crippen molar-refractivity contribution in [2.24, 2.45) is 0 Å². The third-order valence-electron chi connectivity index (χ3n) is 3.73. The average Bonchev–Trinajstić information content (AvgIpc) is 2.75. The van der Waals surface area contributed by atoms with E-state index in [9.17, 15) is 8.42 Å². The summed E-state index contributed by atoms with van der Waals surface area (Å²) in [5.74, 6) is 1.46. The van der Waals surface area contributed by atoms with Crippen LogP contribution in [0.3, 0.4) is 0 Å². The van der Waals surface area contributed by atoms with Crippen molar-refractivity contribution in [1.29, 1.82) is 0 Å². The minimum atomic E-state index is -2.93. The first-order chi connectivity index (χ1) is 8.86. The Labute approximate surface area is 114 Å². The first-order valence-electron chi connectivity index (χ1n) is 6.73. The molecule has 6 heteroatoms. The van der Waals surface area contributed by atoms with Crippen molar-refractivity contribution in [2.75, 3.05) is 6.26 Å². The standard InChI is InChI=1S/C13H22N2O3S/c1-9-8-14-13(18-9)10(2)15-11-5-4-6-12(7-11)19(3,16)17/h8,10-12,15H,4-7H2,1-3H3. The summed E-state index contributed by atoms with van der Waals surface area (Å²) in [6.07, 6.45) is 6.46. The highest BCUT2D eigenvalue weighted by Crippen LogP contribution is 2.25. The third-order valence-corrected chi connectivity index (χ3v) is 5.37. The number of aromatic nitrogens is 1. The molecule has 0 aromatic carbocycles. The maximum absolute atomic E-state index is 11.6. The molecule has 0 spiro atoms. The lowest BCUT2D eigenvalue weighted by molar-refractivity contribution is 0.315. The van der Waals surface area contributed by atoms with E-state index < -0.39 is 9.84 Å². The molecule has 3 atom stereocenters. The maximum atomic E-state index is 11.6. The van der Waals surface area contributed by atoms with Crippen LogP contribution in [0.15, 0.2) is 10.6 Å². The van der Waals surface area contributed by atoms with Crippen LogP contribution in [0.5, 0.6) is 0 Å². The SMILES string of the molecule is Cc1cnc(C(C)NC2CCCC(S(C)(=O)=O)C2)o1. The minimum Gasteiger partial charge on any atom is -0.444 e. The van der Waals surface area contributed by atoms with E-state index in [1.807, 2.05) is 13.8 Å². The maximum Gasteiger partial charge on any atom is 0.211 e. The number of rotatable bonds is 4. The summed E-state index contributed by atoms with van der Waals surface area (Å²) in [4.78, 5) is 4.20. The molecule has 1 heterocycles. The zero-order chi connectivity index (χ0) is 14.0. The number of nitrogens with one attached hydrogen (secondary N) is 1. The van der Waals surface area contributed by atoms with E-state index in [1.54, 1.807) is 6.20 Å². The molecule has 19 heavy (non-hydrogen) atoms. The Balaban J connectivity index is 1.95. The molecule has 1 aromatic heterocycles. The molecule has 1 N–H and O–H groups in total. The Hall–Kier alpha value is -0.880. The van der Waals surface area contributed by atoms with E-state index in [0.717, 1.165) is 25.0 Å². The van der Waals surface area contributed by atoms with Crippen LogP contribution in [-0.2, 0) is 9.84 Å². The van der Waals surface area contributed by atoms with Crippen molar-refractivity contribution in [3.05, 3.63) is 17.8 Å². The smallest absolute Gasteiger partial charge is 0.211 e. The summed E-state index contributed by atoms with van der Waals surface area (Å²) in [6, 6.07) is 0.229. The molecule has 108 valence electrons. The molecule has 2 rings (SSSR count). The zero-order valence-electron chi connectivity index (χ0n) is 11.7. The molecule has 0 amide bonds. The summed E-state index contributed by atoms with van der Waals surface area (Å²) < 4.78 is 28.8. The van der Waals surface area contributed by atoms with E-state index in [0.29, 0.717) is 12.3 Å². The van der Waals surface area contributed by atoms with Gasteiger partial charge in [-0.15, -0.1) is 0 Å². The summed E-state index contributed by atoms with van der Waals surface area (Å²) in [5.41, 5.74) is 0. The Kier molecular flexibility index (Phi) is 4.30. The van der Waals surface area contributed by atoms with Gasteiger partial charge in [-0.3, -0.25) is 0 Å². The van der Waals surface area contributed by atoms with Gasteiger partial charge in [0.25, 0.3) is 0 Å². The Morgan fingerprint density at radius 2 is 2.21 bits per heavy atom. The molecular weight excluding hydrogens is 264 g/mol. The van der Waals surface area contributed by atoms with Gasteiger partial charge >= 0.3 is 0 Å². The van der Waals surface area contributed by atoms with Gasteiger partial charge in [0.1, 0.15) is 15.6 Å². The van der Waals surface area contributed by atoms with Gasteiger partial charge < -0.3 is 9.73 Å². The highest BCUT2D eigenvalue weighted by atomic mass is 32.2. The second-order valence-corrected chi connectivity index (χ2v) is 7.84. The number of hydrogen-bond acceptors (Lipinski definition) is 5. The van der Waals surface area contributed by atoms with E-state index >= 15 is 0 Å². The monoisotopic (exact) mass is 286 g/mol. The van der Waals surface area contributed by atoms with Crippen LogP contribution in [0.4, 0.5) is 0 Å². The Bertz CT molecular complexity index is 524. The van der Waals surface area contributed by atoms with Crippen LogP contribution in [0.25, 0.3) is 0 Å². The highest BCUT2D eigenvalue weighted by molar-refractivity contribution is 7.91. The van der Waals surface area contributed by atoms with E-state index in [-0.39, 0.29) is 17.3 Å². The third kappa shape index (κ3) is 3.79. The van der Waals surface area contributed by atoms with Crippen LogP contribution in [-0.4, -0.2) is 30.9 Å². The molecule has 1 fully saturated rings. The van der Waals surface area contributed by atoms with Crippen LogP contribution >= 0.6 is 0 Å². The number of oxazole rings is 1. The molecule has 3 unspecified atom stereocenters. The zero-order valence-corrected chi connectivity index (χ0v) is 12.5. The minimum absolute atomic E-state index is 0.0111. The second-order valence-electron chi connectivity index (χ2n) is 5.51. The van der Waals surface area contributed by atoms with Gasteiger partial charge in [-0.25, -0.2) is 13.4 Å². The number of nitrogens with zero attached hydrogens (tertiary/aromatic N) is 1. The van der Waals surface area contributed by atoms with Gasteiger partial charge in [0.15, 0.2) is 0 Å². The van der Waals surface area contributed by atoms with Crippen molar-refractivity contribution in [3.63, 3.8) is 0 Å². The topological polar surface area (TPSA) is 72.2 Å². The molecule has 1 saturated carbocycles. The van der Waals surface area contributed by atoms with Crippen LogP contribution in [0, 0.1) is 6.92 Å². The van der Waals surface area contributed by atoms with Gasteiger partial charge in [0.05, 0.1) is 17.5 Å². The fraction of sp³-hybridized carbons (Fsp3) is 0.769. The van der Waals surface area contributed by atoms with Crippen molar-refractivity contribution in [2.45, 2.75) is 56.9 Å². The number of sulfone groups is 1. The summed E-state index contributed by atoms with van der Waals surface area (Å²) in [6.45, 7) is 3.86. The Morgan fingerprint density at radius 3 is 2.79 bits per heavy atom. The lowest BCUT2D eigenvalue weighted by Crippen LogP contribution is -2.39. The molecule has 1 aliphatic rings. The molecule has 0 aliphatic heterocycles. The first kappa shape index (κ1) is 14.5. The quantitative estimate of drug-likeness (QED) is 0.916. The largest absolute Gasteiger partial charge is 0.444 e. The van der Waals surface area contributed by atoms with Crippen molar-refractivity contribution in [1.82, 2.24) is 10.3 Å². The molecule has 0 bridgehead atoms. The van der Waals surface area contributed by atoms with Gasteiger partial charge in [-0.1, -0.05) is 6.42 Å². The van der Waals surface area contributed by atoms with E-state index in [2.05, 4.69) is 10.3 Å². The van der Waals surface area contributed by atoms with Crippen molar-refractivity contribution < 1.29 is 12.8 Å². The molecule has 1 aliphatic carbocycles. The predicted octanol–water partition coefficient (Wildman–Crippen LogP) is 1.99. The van der Waals surface area contributed by atoms with Crippen LogP contribution in [0.1, 0.15) is 50.3 Å².